The molecule has 0 saturated carbocycles. The summed E-state index contributed by atoms with van der Waals surface area (Å²) in [5, 5.41) is -0.314. The van der Waals surface area contributed by atoms with Crippen molar-refractivity contribution < 1.29 is 31.5 Å². The van der Waals surface area contributed by atoms with E-state index < -0.39 is 22.5 Å². The zero-order chi connectivity index (χ0) is 19.5. The number of sulfonamides is 1. The van der Waals surface area contributed by atoms with Gasteiger partial charge in [-0.2, -0.15) is 8.78 Å². The Morgan fingerprint density at radius 1 is 1.19 bits per heavy atom. The summed E-state index contributed by atoms with van der Waals surface area (Å²) in [5.74, 6) is -0.985. The molecular formula is C15H13ClF2N2O5S. The summed E-state index contributed by atoms with van der Waals surface area (Å²) < 4.78 is 60.9. The molecule has 0 aliphatic rings. The molecule has 2 rings (SSSR count). The molecule has 0 atom stereocenters. The lowest BCUT2D eigenvalue weighted by Gasteiger charge is -2.14. The van der Waals surface area contributed by atoms with Crippen LogP contribution < -0.4 is 19.9 Å². The molecule has 0 unspecified atom stereocenters. The van der Waals surface area contributed by atoms with Gasteiger partial charge in [0.15, 0.2) is 0 Å². The molecule has 1 amide bonds. The van der Waals surface area contributed by atoms with Crippen molar-refractivity contribution in [3.05, 3.63) is 47.0 Å². The number of amides is 1. The highest BCUT2D eigenvalue weighted by atomic mass is 35.5. The van der Waals surface area contributed by atoms with Crippen molar-refractivity contribution in [1.82, 2.24) is 0 Å². The van der Waals surface area contributed by atoms with E-state index in [9.17, 15) is 22.0 Å². The maximum absolute atomic E-state index is 12.5. The minimum Gasteiger partial charge on any atom is -0.495 e. The Morgan fingerprint density at radius 3 is 2.38 bits per heavy atom. The molecule has 0 radical (unpaired) electrons. The van der Waals surface area contributed by atoms with E-state index in [2.05, 4.69) is 9.46 Å². The van der Waals surface area contributed by atoms with Gasteiger partial charge in [-0.3, -0.25) is 9.52 Å². The summed E-state index contributed by atoms with van der Waals surface area (Å²) in [4.78, 5) is 11.0. The number of hydrogen-bond donors (Lipinski definition) is 2. The Hall–Kier alpha value is -2.59. The van der Waals surface area contributed by atoms with Crippen LogP contribution in [0.25, 0.3) is 0 Å². The van der Waals surface area contributed by atoms with Crippen LogP contribution in [0.5, 0.6) is 11.5 Å². The van der Waals surface area contributed by atoms with Crippen molar-refractivity contribution >= 4 is 33.2 Å². The van der Waals surface area contributed by atoms with Crippen molar-refractivity contribution in [2.75, 3.05) is 11.8 Å². The van der Waals surface area contributed by atoms with Gasteiger partial charge in [0.2, 0.25) is 5.91 Å². The highest BCUT2D eigenvalue weighted by Crippen LogP contribution is 2.31. The Kier molecular flexibility index (Phi) is 5.88. The van der Waals surface area contributed by atoms with Gasteiger partial charge in [0, 0.05) is 5.56 Å². The van der Waals surface area contributed by atoms with Gasteiger partial charge in [-0.25, -0.2) is 8.42 Å². The number of primary amides is 1. The first-order valence-electron chi connectivity index (χ1n) is 6.89. The van der Waals surface area contributed by atoms with Crippen LogP contribution in [0.3, 0.4) is 0 Å². The molecule has 2 aromatic rings. The van der Waals surface area contributed by atoms with E-state index in [-0.39, 0.29) is 32.7 Å². The van der Waals surface area contributed by atoms with E-state index in [1.54, 1.807) is 0 Å². The standard InChI is InChI=1S/C15H13ClF2N2O5S/c1-24-13-4-2-8(14(19)21)6-11(13)20-26(22,23)9-3-5-12(10(16)7-9)25-15(17)18/h2-7,15,20H,1H3,(H2,19,21). The molecule has 0 heterocycles. The van der Waals surface area contributed by atoms with E-state index in [1.165, 1.54) is 25.3 Å². The molecule has 3 N–H and O–H groups in total. The van der Waals surface area contributed by atoms with Crippen LogP contribution in [0.4, 0.5) is 14.5 Å². The predicted octanol–water partition coefficient (Wildman–Crippen LogP) is 2.85. The molecule has 0 bridgehead atoms. The van der Waals surface area contributed by atoms with Crippen LogP contribution in [-0.4, -0.2) is 28.0 Å². The summed E-state index contributed by atoms with van der Waals surface area (Å²) >= 11 is 5.77. The first kappa shape index (κ1) is 19.7. The monoisotopic (exact) mass is 406 g/mol. The SMILES string of the molecule is COc1ccc(C(N)=O)cc1NS(=O)(=O)c1ccc(OC(F)F)c(Cl)c1. The van der Waals surface area contributed by atoms with Crippen LogP contribution in [0.1, 0.15) is 10.4 Å². The average Bonchev–Trinajstić information content (AvgIpc) is 2.55. The van der Waals surface area contributed by atoms with Crippen molar-refractivity contribution in [3.8, 4) is 11.5 Å². The number of ether oxygens (including phenoxy) is 2. The van der Waals surface area contributed by atoms with Crippen LogP contribution in [0, 0.1) is 0 Å². The molecule has 2 aromatic carbocycles. The number of nitrogens with two attached hydrogens (primary N) is 1. The van der Waals surface area contributed by atoms with Gasteiger partial charge >= 0.3 is 6.61 Å². The Labute approximate surface area is 152 Å². The molecule has 0 aromatic heterocycles. The zero-order valence-corrected chi connectivity index (χ0v) is 14.8. The maximum atomic E-state index is 12.5. The minimum atomic E-state index is -4.17. The second-order valence-electron chi connectivity index (χ2n) is 4.86. The number of nitrogens with one attached hydrogen (secondary N) is 1. The summed E-state index contributed by atoms with van der Waals surface area (Å²) in [6.45, 7) is -3.10. The topological polar surface area (TPSA) is 108 Å². The lowest BCUT2D eigenvalue weighted by atomic mass is 10.2. The third-order valence-electron chi connectivity index (χ3n) is 3.16. The molecule has 0 saturated heterocycles. The fraction of sp³-hybridized carbons (Fsp3) is 0.133. The molecule has 0 fully saturated rings. The molecule has 11 heteroatoms. The second kappa shape index (κ2) is 7.75. The zero-order valence-electron chi connectivity index (χ0n) is 13.2. The van der Waals surface area contributed by atoms with E-state index >= 15 is 0 Å². The summed E-state index contributed by atoms with van der Waals surface area (Å²) in [7, 11) is -2.86. The number of alkyl halides is 2. The maximum Gasteiger partial charge on any atom is 0.387 e. The molecule has 7 nitrogen and oxygen atoms in total. The predicted molar refractivity (Wildman–Crippen MR) is 90.4 cm³/mol. The van der Waals surface area contributed by atoms with Crippen LogP contribution >= 0.6 is 11.6 Å². The number of methoxy groups -OCH3 is 1. The number of hydrogen-bond acceptors (Lipinski definition) is 5. The third kappa shape index (κ3) is 4.52. The van der Waals surface area contributed by atoms with Crippen LogP contribution in [-0.2, 0) is 10.0 Å². The smallest absolute Gasteiger partial charge is 0.387 e. The first-order valence-corrected chi connectivity index (χ1v) is 8.75. The molecule has 140 valence electrons. The second-order valence-corrected chi connectivity index (χ2v) is 6.95. The van der Waals surface area contributed by atoms with E-state index in [1.807, 2.05) is 0 Å². The number of benzene rings is 2. The Morgan fingerprint density at radius 2 is 1.85 bits per heavy atom. The van der Waals surface area contributed by atoms with Gasteiger partial charge in [-0.1, -0.05) is 11.6 Å². The van der Waals surface area contributed by atoms with Gasteiger partial charge in [-0.15, -0.1) is 0 Å². The number of carbonyl (C=O) groups is 1. The molecular weight excluding hydrogens is 394 g/mol. The summed E-state index contributed by atoms with van der Waals surface area (Å²) in [5.41, 5.74) is 5.20. The normalized spacial score (nSPS) is 11.3. The first-order chi connectivity index (χ1) is 12.1. The van der Waals surface area contributed by atoms with Crippen molar-refractivity contribution in [2.45, 2.75) is 11.5 Å². The Balaban J connectivity index is 2.38. The molecule has 26 heavy (non-hydrogen) atoms. The van der Waals surface area contributed by atoms with Crippen LogP contribution in [0.15, 0.2) is 41.3 Å². The van der Waals surface area contributed by atoms with Gasteiger partial charge in [0.1, 0.15) is 11.5 Å². The highest BCUT2D eigenvalue weighted by molar-refractivity contribution is 7.92. The molecule has 0 aliphatic heterocycles. The van der Waals surface area contributed by atoms with Crippen molar-refractivity contribution in [1.29, 1.82) is 0 Å². The van der Waals surface area contributed by atoms with E-state index in [0.717, 1.165) is 18.2 Å². The summed E-state index contributed by atoms with van der Waals surface area (Å²) in [6, 6.07) is 6.92. The number of carbonyl (C=O) groups excluding carboxylic acids is 1. The van der Waals surface area contributed by atoms with E-state index in [0.29, 0.717) is 0 Å². The molecule has 0 spiro atoms. The quantitative estimate of drug-likeness (QED) is 0.735. The largest absolute Gasteiger partial charge is 0.495 e. The number of halogens is 3. The number of anilines is 1. The molecule has 0 aliphatic carbocycles. The Bertz CT molecular complexity index is 938. The lowest BCUT2D eigenvalue weighted by Crippen LogP contribution is -2.16. The van der Waals surface area contributed by atoms with Gasteiger partial charge in [0.05, 0.1) is 22.7 Å². The fourth-order valence-electron chi connectivity index (χ4n) is 1.98. The van der Waals surface area contributed by atoms with Crippen molar-refractivity contribution in [2.24, 2.45) is 5.73 Å². The highest BCUT2D eigenvalue weighted by Gasteiger charge is 2.20. The van der Waals surface area contributed by atoms with Crippen LogP contribution in [0.2, 0.25) is 5.02 Å². The number of rotatable bonds is 7. The van der Waals surface area contributed by atoms with E-state index in [4.69, 9.17) is 22.1 Å². The fourth-order valence-corrected chi connectivity index (χ4v) is 3.36. The van der Waals surface area contributed by atoms with Crippen molar-refractivity contribution in [3.63, 3.8) is 0 Å². The minimum absolute atomic E-state index is 0.0344. The third-order valence-corrected chi connectivity index (χ3v) is 4.82. The van der Waals surface area contributed by atoms with Gasteiger partial charge in [0.25, 0.3) is 10.0 Å². The lowest BCUT2D eigenvalue weighted by molar-refractivity contribution is -0.0498. The van der Waals surface area contributed by atoms with Gasteiger partial charge in [-0.05, 0) is 36.4 Å². The van der Waals surface area contributed by atoms with Gasteiger partial charge < -0.3 is 15.2 Å². The summed E-state index contributed by atoms with van der Waals surface area (Å²) in [6.07, 6.45) is 0. The average molecular weight is 407 g/mol.